The molecule has 1 aromatic heterocycles. The predicted molar refractivity (Wildman–Crippen MR) is 103 cm³/mol. The Labute approximate surface area is 159 Å². The number of methoxy groups -OCH3 is 1. The number of primary amides is 1. The number of hydrogen-bond donors (Lipinski definition) is 1. The van der Waals surface area contributed by atoms with Crippen molar-refractivity contribution in [3.63, 3.8) is 0 Å². The van der Waals surface area contributed by atoms with Gasteiger partial charge in [0.2, 0.25) is 5.91 Å². The molecule has 2 aromatic carbocycles. The van der Waals surface area contributed by atoms with Crippen LogP contribution >= 0.6 is 0 Å². The number of nitrogens with two attached hydrogens (primary N) is 1. The van der Waals surface area contributed by atoms with Crippen LogP contribution in [0.1, 0.15) is 15.9 Å². The van der Waals surface area contributed by atoms with Gasteiger partial charge in [-0.15, -0.1) is 0 Å². The number of non-ortho nitro benzene ring substituents is 1. The topological polar surface area (TPSA) is 117 Å². The van der Waals surface area contributed by atoms with Crippen molar-refractivity contribution in [3.05, 3.63) is 92.4 Å². The summed E-state index contributed by atoms with van der Waals surface area (Å²) in [6.07, 6.45) is 1.40. The molecule has 0 spiro atoms. The van der Waals surface area contributed by atoms with Gasteiger partial charge in [-0.1, -0.05) is 18.2 Å². The number of rotatable bonds is 6. The molecule has 1 amide bonds. The van der Waals surface area contributed by atoms with Gasteiger partial charge in [0.05, 0.1) is 24.1 Å². The van der Waals surface area contributed by atoms with Crippen molar-refractivity contribution in [2.24, 2.45) is 5.73 Å². The van der Waals surface area contributed by atoms with Crippen LogP contribution in [0.25, 0.3) is 11.1 Å². The summed E-state index contributed by atoms with van der Waals surface area (Å²) in [4.78, 5) is 34.1. The smallest absolute Gasteiger partial charge is 0.270 e. The monoisotopic (exact) mass is 379 g/mol. The summed E-state index contributed by atoms with van der Waals surface area (Å²) in [5.41, 5.74) is 7.22. The van der Waals surface area contributed by atoms with Crippen molar-refractivity contribution >= 4 is 11.6 Å². The van der Waals surface area contributed by atoms with Gasteiger partial charge in [-0.05, 0) is 29.3 Å². The number of pyridine rings is 1. The van der Waals surface area contributed by atoms with E-state index in [0.717, 1.165) is 5.56 Å². The van der Waals surface area contributed by atoms with Crippen LogP contribution in [0.15, 0.2) is 65.6 Å². The quantitative estimate of drug-likeness (QED) is 0.522. The predicted octanol–water partition coefficient (Wildman–Crippen LogP) is 2.58. The molecule has 0 aliphatic heterocycles. The van der Waals surface area contributed by atoms with Gasteiger partial charge in [0.15, 0.2) is 0 Å². The fourth-order valence-electron chi connectivity index (χ4n) is 2.86. The molecule has 3 aromatic rings. The molecule has 0 saturated heterocycles. The summed E-state index contributed by atoms with van der Waals surface area (Å²) < 4.78 is 6.75. The Morgan fingerprint density at radius 1 is 1.18 bits per heavy atom. The number of hydrogen-bond acceptors (Lipinski definition) is 5. The van der Waals surface area contributed by atoms with Crippen molar-refractivity contribution in [2.45, 2.75) is 6.54 Å². The molecule has 1 heterocycles. The summed E-state index contributed by atoms with van der Waals surface area (Å²) in [5.74, 6) is -0.0803. The lowest BCUT2D eigenvalue weighted by Gasteiger charge is -2.12. The Morgan fingerprint density at radius 2 is 1.96 bits per heavy atom. The molecule has 0 bridgehead atoms. The van der Waals surface area contributed by atoms with Crippen molar-refractivity contribution in [3.8, 4) is 16.9 Å². The number of amides is 1. The van der Waals surface area contributed by atoms with E-state index >= 15 is 0 Å². The highest BCUT2D eigenvalue weighted by atomic mass is 16.6. The average Bonchev–Trinajstić information content (AvgIpc) is 2.69. The minimum atomic E-state index is -0.624. The lowest BCUT2D eigenvalue weighted by Crippen LogP contribution is -2.22. The van der Waals surface area contributed by atoms with E-state index in [1.165, 1.54) is 42.1 Å². The van der Waals surface area contributed by atoms with Gasteiger partial charge in [-0.3, -0.25) is 19.7 Å². The Balaban J connectivity index is 2.04. The maximum absolute atomic E-state index is 12.1. The minimum absolute atomic E-state index is 0.0321. The maximum atomic E-state index is 12.1. The van der Waals surface area contributed by atoms with Gasteiger partial charge in [0.1, 0.15) is 5.75 Å². The molecule has 0 radical (unpaired) electrons. The molecule has 0 atom stereocenters. The maximum Gasteiger partial charge on any atom is 0.270 e. The van der Waals surface area contributed by atoms with Crippen LogP contribution in [-0.2, 0) is 6.54 Å². The first kappa shape index (κ1) is 18.8. The van der Waals surface area contributed by atoms with Gasteiger partial charge in [-0.2, -0.15) is 0 Å². The highest BCUT2D eigenvalue weighted by molar-refractivity contribution is 5.92. The molecule has 8 heteroatoms. The van der Waals surface area contributed by atoms with Gasteiger partial charge in [0.25, 0.3) is 11.2 Å². The van der Waals surface area contributed by atoms with Gasteiger partial charge in [-0.25, -0.2) is 0 Å². The molecule has 142 valence electrons. The first-order valence-electron chi connectivity index (χ1n) is 8.31. The zero-order chi connectivity index (χ0) is 20.3. The number of ether oxygens (including phenoxy) is 1. The number of aromatic nitrogens is 1. The molecule has 0 fully saturated rings. The number of nitrogens with zero attached hydrogens (tertiary/aromatic N) is 2. The third-order valence-electron chi connectivity index (χ3n) is 4.25. The second-order valence-corrected chi connectivity index (χ2v) is 6.09. The van der Waals surface area contributed by atoms with Crippen LogP contribution in [0.4, 0.5) is 5.69 Å². The summed E-state index contributed by atoms with van der Waals surface area (Å²) in [6.45, 7) is 0.200. The number of carbonyl (C=O) groups is 1. The Bertz CT molecular complexity index is 1120. The number of carbonyl (C=O) groups excluding carboxylic acids is 1. The standard InChI is InChI=1S/C20H17N3O5/c1-28-18-7-5-13(11-22-12-15(20(21)25)6-8-19(22)24)9-17(18)14-3-2-4-16(10-14)23(26)27/h2-10,12H,11H2,1H3,(H2,21,25). The Hall–Kier alpha value is -3.94. The normalized spacial score (nSPS) is 10.5. The highest BCUT2D eigenvalue weighted by Crippen LogP contribution is 2.33. The van der Waals surface area contributed by atoms with Crippen LogP contribution in [0.2, 0.25) is 0 Å². The average molecular weight is 379 g/mol. The third-order valence-corrected chi connectivity index (χ3v) is 4.25. The minimum Gasteiger partial charge on any atom is -0.496 e. The van der Waals surface area contributed by atoms with Gasteiger partial charge in [0, 0.05) is 30.0 Å². The third kappa shape index (κ3) is 3.90. The van der Waals surface area contributed by atoms with E-state index in [-0.39, 0.29) is 23.4 Å². The van der Waals surface area contributed by atoms with E-state index in [1.807, 2.05) is 0 Å². The molecule has 8 nitrogen and oxygen atoms in total. The molecule has 0 unspecified atom stereocenters. The summed E-state index contributed by atoms with van der Waals surface area (Å²) in [5, 5.41) is 11.1. The van der Waals surface area contributed by atoms with Crippen LogP contribution in [-0.4, -0.2) is 22.5 Å². The molecule has 2 N–H and O–H groups in total. The number of nitro benzene ring substituents is 1. The first-order valence-corrected chi connectivity index (χ1v) is 8.31. The first-order chi connectivity index (χ1) is 13.4. The highest BCUT2D eigenvalue weighted by Gasteiger charge is 2.12. The molecule has 0 aliphatic carbocycles. The number of benzene rings is 2. The lowest BCUT2D eigenvalue weighted by atomic mass is 10.0. The zero-order valence-corrected chi connectivity index (χ0v) is 15.0. The Morgan fingerprint density at radius 3 is 2.64 bits per heavy atom. The second kappa shape index (κ2) is 7.75. The number of nitro groups is 1. The van der Waals surface area contributed by atoms with E-state index < -0.39 is 10.8 Å². The van der Waals surface area contributed by atoms with E-state index in [4.69, 9.17) is 10.5 Å². The summed E-state index contributed by atoms with van der Waals surface area (Å²) >= 11 is 0. The summed E-state index contributed by atoms with van der Waals surface area (Å²) in [6, 6.07) is 14.2. The van der Waals surface area contributed by atoms with Gasteiger partial charge >= 0.3 is 0 Å². The fourth-order valence-corrected chi connectivity index (χ4v) is 2.86. The van der Waals surface area contributed by atoms with E-state index in [1.54, 1.807) is 30.3 Å². The van der Waals surface area contributed by atoms with E-state index in [0.29, 0.717) is 16.9 Å². The lowest BCUT2D eigenvalue weighted by molar-refractivity contribution is -0.384. The molecule has 0 saturated carbocycles. The fraction of sp³-hybridized carbons (Fsp3) is 0.100. The van der Waals surface area contributed by atoms with Crippen LogP contribution in [0.5, 0.6) is 5.75 Å². The van der Waals surface area contributed by atoms with Crippen molar-refractivity contribution in [1.29, 1.82) is 0 Å². The molecule has 0 aliphatic rings. The molecular formula is C20H17N3O5. The largest absolute Gasteiger partial charge is 0.496 e. The molecule has 28 heavy (non-hydrogen) atoms. The zero-order valence-electron chi connectivity index (χ0n) is 15.0. The van der Waals surface area contributed by atoms with Crippen molar-refractivity contribution < 1.29 is 14.5 Å². The van der Waals surface area contributed by atoms with E-state index in [2.05, 4.69) is 0 Å². The Kier molecular flexibility index (Phi) is 5.21. The molecule has 3 rings (SSSR count). The SMILES string of the molecule is COc1ccc(Cn2cc(C(N)=O)ccc2=O)cc1-c1cccc([N+](=O)[O-])c1. The second-order valence-electron chi connectivity index (χ2n) is 6.09. The van der Waals surface area contributed by atoms with Crippen molar-refractivity contribution in [1.82, 2.24) is 4.57 Å². The molecular weight excluding hydrogens is 362 g/mol. The van der Waals surface area contributed by atoms with Gasteiger partial charge < -0.3 is 15.0 Å². The van der Waals surface area contributed by atoms with Crippen LogP contribution in [0.3, 0.4) is 0 Å². The van der Waals surface area contributed by atoms with Crippen LogP contribution in [0, 0.1) is 10.1 Å². The van der Waals surface area contributed by atoms with E-state index in [9.17, 15) is 19.7 Å². The summed E-state index contributed by atoms with van der Waals surface area (Å²) in [7, 11) is 1.51. The van der Waals surface area contributed by atoms with Crippen molar-refractivity contribution in [2.75, 3.05) is 7.11 Å². The van der Waals surface area contributed by atoms with Crippen LogP contribution < -0.4 is 16.0 Å².